The van der Waals surface area contributed by atoms with Crippen LogP contribution in [0.15, 0.2) is 24.4 Å². The number of anilines is 1. The van der Waals surface area contributed by atoms with Crippen molar-refractivity contribution >= 4 is 22.3 Å². The zero-order valence-electron chi connectivity index (χ0n) is 11.5. The summed E-state index contributed by atoms with van der Waals surface area (Å²) in [5.41, 5.74) is 0.327. The van der Waals surface area contributed by atoms with E-state index in [9.17, 15) is 14.5 Å². The molecule has 2 aromatic rings. The van der Waals surface area contributed by atoms with Gasteiger partial charge in [0.1, 0.15) is 5.52 Å². The van der Waals surface area contributed by atoms with Crippen LogP contribution in [-0.4, -0.2) is 16.5 Å². The fourth-order valence-electron chi connectivity index (χ4n) is 2.70. The molecular formula is C15H16FN3O2. The first-order valence-electron chi connectivity index (χ1n) is 7.12. The van der Waals surface area contributed by atoms with E-state index < -0.39 is 10.7 Å². The first-order chi connectivity index (χ1) is 10.2. The topological polar surface area (TPSA) is 68.1 Å². The van der Waals surface area contributed by atoms with E-state index in [-0.39, 0.29) is 11.4 Å². The molecule has 6 heteroatoms. The maximum Gasteiger partial charge on any atom is 0.281 e. The van der Waals surface area contributed by atoms with Crippen molar-refractivity contribution in [2.45, 2.75) is 25.7 Å². The first kappa shape index (κ1) is 13.7. The standard InChI is InChI=1S/C15H16FN3O2/c16-12-9-13(19(20)21)11-5-2-7-17-14(11)15(12)18-8-6-10-3-1-4-10/h2,5,7,9-10,18H,1,3-4,6,8H2. The molecule has 0 amide bonds. The van der Waals surface area contributed by atoms with Gasteiger partial charge in [0.15, 0.2) is 5.82 Å². The number of fused-ring (bicyclic) bond motifs is 1. The molecule has 1 saturated carbocycles. The molecule has 21 heavy (non-hydrogen) atoms. The SMILES string of the molecule is O=[N+]([O-])c1cc(F)c(NCCC2CCC2)c2ncccc12. The van der Waals surface area contributed by atoms with Crippen LogP contribution in [0.4, 0.5) is 15.8 Å². The molecule has 0 unspecified atom stereocenters. The third-order valence-electron chi connectivity index (χ3n) is 4.10. The molecule has 1 aliphatic carbocycles. The van der Waals surface area contributed by atoms with Crippen LogP contribution >= 0.6 is 0 Å². The van der Waals surface area contributed by atoms with Gasteiger partial charge < -0.3 is 5.32 Å². The van der Waals surface area contributed by atoms with Crippen LogP contribution in [0.2, 0.25) is 0 Å². The fourth-order valence-corrected chi connectivity index (χ4v) is 2.70. The van der Waals surface area contributed by atoms with Crippen LogP contribution in [0.1, 0.15) is 25.7 Å². The lowest BCUT2D eigenvalue weighted by Gasteiger charge is -2.25. The highest BCUT2D eigenvalue weighted by Crippen LogP contribution is 2.33. The summed E-state index contributed by atoms with van der Waals surface area (Å²) in [6.07, 6.45) is 6.27. The molecular weight excluding hydrogens is 273 g/mol. The van der Waals surface area contributed by atoms with Crippen molar-refractivity contribution in [3.8, 4) is 0 Å². The number of hydrogen-bond acceptors (Lipinski definition) is 4. The lowest BCUT2D eigenvalue weighted by Crippen LogP contribution is -2.16. The molecule has 0 aliphatic heterocycles. The monoisotopic (exact) mass is 289 g/mol. The summed E-state index contributed by atoms with van der Waals surface area (Å²) in [5.74, 6) is 0.0966. The van der Waals surface area contributed by atoms with Crippen molar-refractivity contribution < 1.29 is 9.31 Å². The Balaban J connectivity index is 1.91. The molecule has 0 bridgehead atoms. The van der Waals surface area contributed by atoms with Gasteiger partial charge in [-0.1, -0.05) is 19.3 Å². The van der Waals surface area contributed by atoms with E-state index in [0.717, 1.165) is 18.4 Å². The van der Waals surface area contributed by atoms with Gasteiger partial charge in [-0.3, -0.25) is 15.1 Å². The number of hydrogen-bond donors (Lipinski definition) is 1. The first-order valence-corrected chi connectivity index (χ1v) is 7.12. The number of nitro groups is 1. The summed E-state index contributed by atoms with van der Waals surface area (Å²) in [7, 11) is 0. The number of halogens is 1. The number of rotatable bonds is 5. The minimum atomic E-state index is -0.624. The van der Waals surface area contributed by atoms with Crippen LogP contribution in [0.3, 0.4) is 0 Å². The summed E-state index contributed by atoms with van der Waals surface area (Å²) in [5, 5.41) is 14.4. The third-order valence-corrected chi connectivity index (χ3v) is 4.10. The molecule has 1 fully saturated rings. The molecule has 0 radical (unpaired) electrons. The lowest BCUT2D eigenvalue weighted by atomic mass is 9.83. The normalized spacial score (nSPS) is 14.9. The summed E-state index contributed by atoms with van der Waals surface area (Å²) in [4.78, 5) is 14.6. The number of pyridine rings is 1. The Bertz CT molecular complexity index is 686. The Kier molecular flexibility index (Phi) is 3.68. The van der Waals surface area contributed by atoms with Crippen LogP contribution < -0.4 is 5.32 Å². The zero-order valence-corrected chi connectivity index (χ0v) is 11.5. The minimum absolute atomic E-state index is 0.250. The van der Waals surface area contributed by atoms with Crippen LogP contribution in [0, 0.1) is 21.8 Å². The average molecular weight is 289 g/mol. The Morgan fingerprint density at radius 3 is 2.95 bits per heavy atom. The van der Waals surface area contributed by atoms with Crippen LogP contribution in [0.5, 0.6) is 0 Å². The van der Waals surface area contributed by atoms with Gasteiger partial charge >= 0.3 is 0 Å². The highest BCUT2D eigenvalue weighted by Gasteiger charge is 2.21. The molecule has 5 nitrogen and oxygen atoms in total. The minimum Gasteiger partial charge on any atom is -0.381 e. The van der Waals surface area contributed by atoms with E-state index in [1.54, 1.807) is 12.1 Å². The van der Waals surface area contributed by atoms with Gasteiger partial charge in [0.25, 0.3) is 5.69 Å². The molecule has 3 rings (SSSR count). The Morgan fingerprint density at radius 2 is 2.29 bits per heavy atom. The number of nitrogens with one attached hydrogen (secondary N) is 1. The van der Waals surface area contributed by atoms with Gasteiger partial charge in [-0.15, -0.1) is 0 Å². The van der Waals surface area contributed by atoms with Gasteiger partial charge in [-0.25, -0.2) is 4.39 Å². The van der Waals surface area contributed by atoms with Gasteiger partial charge in [-0.05, 0) is 24.5 Å². The number of non-ortho nitro benzene ring substituents is 1. The predicted octanol–water partition coefficient (Wildman–Crippen LogP) is 3.88. The second kappa shape index (κ2) is 5.63. The molecule has 0 spiro atoms. The Labute approximate surface area is 121 Å². The third kappa shape index (κ3) is 2.66. The highest BCUT2D eigenvalue weighted by molar-refractivity contribution is 5.97. The van der Waals surface area contributed by atoms with Crippen molar-refractivity contribution in [1.29, 1.82) is 0 Å². The van der Waals surface area contributed by atoms with Gasteiger partial charge in [0, 0.05) is 12.7 Å². The molecule has 1 heterocycles. The van der Waals surface area contributed by atoms with Crippen molar-refractivity contribution in [3.05, 3.63) is 40.3 Å². The molecule has 1 aromatic carbocycles. The maximum absolute atomic E-state index is 14.2. The Morgan fingerprint density at radius 1 is 1.48 bits per heavy atom. The Hall–Kier alpha value is -2.24. The van der Waals surface area contributed by atoms with E-state index >= 15 is 0 Å². The number of nitro benzene ring substituents is 1. The van der Waals surface area contributed by atoms with Crippen LogP contribution in [0.25, 0.3) is 10.9 Å². The smallest absolute Gasteiger partial charge is 0.281 e. The van der Waals surface area contributed by atoms with E-state index in [4.69, 9.17) is 0 Å². The molecule has 1 aliphatic rings. The summed E-state index contributed by atoms with van der Waals surface area (Å²) < 4.78 is 14.2. The molecule has 0 saturated heterocycles. The van der Waals surface area contributed by atoms with E-state index in [1.807, 2.05) is 0 Å². The highest BCUT2D eigenvalue weighted by atomic mass is 19.1. The van der Waals surface area contributed by atoms with Gasteiger partial charge in [-0.2, -0.15) is 0 Å². The summed E-state index contributed by atoms with van der Waals surface area (Å²) in [6.45, 7) is 0.658. The largest absolute Gasteiger partial charge is 0.381 e. The van der Waals surface area contributed by atoms with Crippen molar-refractivity contribution in [2.24, 2.45) is 5.92 Å². The van der Waals surface area contributed by atoms with Crippen molar-refractivity contribution in [3.63, 3.8) is 0 Å². The summed E-state index contributed by atoms with van der Waals surface area (Å²) >= 11 is 0. The zero-order chi connectivity index (χ0) is 14.8. The average Bonchev–Trinajstić information content (AvgIpc) is 2.42. The van der Waals surface area contributed by atoms with Crippen molar-refractivity contribution in [1.82, 2.24) is 4.98 Å². The second-order valence-electron chi connectivity index (χ2n) is 5.42. The molecule has 0 atom stereocenters. The number of aromatic nitrogens is 1. The number of benzene rings is 1. The molecule has 1 N–H and O–H groups in total. The summed E-state index contributed by atoms with van der Waals surface area (Å²) in [6, 6.07) is 4.18. The molecule has 1 aromatic heterocycles. The maximum atomic E-state index is 14.2. The van der Waals surface area contributed by atoms with Crippen LogP contribution in [-0.2, 0) is 0 Å². The number of nitrogens with zero attached hydrogens (tertiary/aromatic N) is 2. The van der Waals surface area contributed by atoms with Gasteiger partial charge in [0.2, 0.25) is 0 Å². The van der Waals surface area contributed by atoms with Crippen molar-refractivity contribution in [2.75, 3.05) is 11.9 Å². The van der Waals surface area contributed by atoms with E-state index in [0.29, 0.717) is 17.4 Å². The quantitative estimate of drug-likeness (QED) is 0.670. The van der Waals surface area contributed by atoms with E-state index in [1.165, 1.54) is 25.5 Å². The lowest BCUT2D eigenvalue weighted by molar-refractivity contribution is -0.383. The second-order valence-corrected chi connectivity index (χ2v) is 5.42. The van der Waals surface area contributed by atoms with E-state index in [2.05, 4.69) is 10.3 Å². The molecule has 110 valence electrons. The predicted molar refractivity (Wildman–Crippen MR) is 78.8 cm³/mol. The van der Waals surface area contributed by atoms with Gasteiger partial charge in [0.05, 0.1) is 22.1 Å². The fraction of sp³-hybridized carbons (Fsp3) is 0.400.